The van der Waals surface area contributed by atoms with Gasteiger partial charge in [-0.25, -0.2) is 13.6 Å². The van der Waals surface area contributed by atoms with Crippen molar-refractivity contribution in [1.82, 2.24) is 10.1 Å². The molecule has 0 unspecified atom stereocenters. The molecule has 0 aliphatic heterocycles. The Labute approximate surface area is 87.3 Å². The summed E-state index contributed by atoms with van der Waals surface area (Å²) in [6.07, 6.45) is 0. The first-order valence-corrected chi connectivity index (χ1v) is 4.10. The van der Waals surface area contributed by atoms with Crippen molar-refractivity contribution >= 4 is 5.97 Å². The Morgan fingerprint density at radius 1 is 1.38 bits per heavy atom. The molecule has 1 aromatic carbocycles. The summed E-state index contributed by atoms with van der Waals surface area (Å²) in [7, 11) is 0. The summed E-state index contributed by atoms with van der Waals surface area (Å²) in [6.45, 7) is 0. The lowest BCUT2D eigenvalue weighted by molar-refractivity contribution is 0.0680. The van der Waals surface area contributed by atoms with Gasteiger partial charge in [-0.05, 0) is 23.4 Å². The van der Waals surface area contributed by atoms with Crippen molar-refractivity contribution in [1.29, 1.82) is 0 Å². The molecule has 2 rings (SSSR count). The SMILES string of the molecule is O=C(O)c1noc(-c2cc(F)ccc2F)n1. The Hall–Kier alpha value is -2.31. The zero-order valence-electron chi connectivity index (χ0n) is 7.65. The molecule has 0 radical (unpaired) electrons. The van der Waals surface area contributed by atoms with Gasteiger partial charge >= 0.3 is 5.97 Å². The van der Waals surface area contributed by atoms with Crippen LogP contribution in [-0.4, -0.2) is 21.2 Å². The topological polar surface area (TPSA) is 76.2 Å². The lowest BCUT2D eigenvalue weighted by atomic mass is 10.2. The van der Waals surface area contributed by atoms with Crippen molar-refractivity contribution in [3.63, 3.8) is 0 Å². The maximum atomic E-state index is 13.2. The van der Waals surface area contributed by atoms with E-state index in [1.165, 1.54) is 0 Å². The maximum absolute atomic E-state index is 13.2. The molecule has 1 aromatic heterocycles. The highest BCUT2D eigenvalue weighted by Crippen LogP contribution is 2.21. The average molecular weight is 226 g/mol. The van der Waals surface area contributed by atoms with Gasteiger partial charge in [0.2, 0.25) is 0 Å². The van der Waals surface area contributed by atoms with Gasteiger partial charge < -0.3 is 9.63 Å². The Kier molecular flexibility index (Phi) is 2.35. The van der Waals surface area contributed by atoms with E-state index in [0.29, 0.717) is 0 Å². The number of carboxylic acid groups (broad SMARTS) is 1. The average Bonchev–Trinajstić information content (AvgIpc) is 2.70. The third-order valence-corrected chi connectivity index (χ3v) is 1.78. The normalized spacial score (nSPS) is 10.4. The fourth-order valence-corrected chi connectivity index (χ4v) is 1.08. The zero-order valence-corrected chi connectivity index (χ0v) is 7.65. The van der Waals surface area contributed by atoms with Gasteiger partial charge in [-0.1, -0.05) is 0 Å². The molecule has 5 nitrogen and oxygen atoms in total. The minimum Gasteiger partial charge on any atom is -0.475 e. The third kappa shape index (κ3) is 1.74. The molecule has 1 heterocycles. The summed E-state index contributed by atoms with van der Waals surface area (Å²) in [5.41, 5.74) is -0.278. The first kappa shape index (κ1) is 10.2. The van der Waals surface area contributed by atoms with Crippen molar-refractivity contribution < 1.29 is 23.2 Å². The van der Waals surface area contributed by atoms with E-state index >= 15 is 0 Å². The van der Waals surface area contributed by atoms with Gasteiger partial charge in [0.25, 0.3) is 11.7 Å². The van der Waals surface area contributed by atoms with Crippen molar-refractivity contribution in [2.45, 2.75) is 0 Å². The van der Waals surface area contributed by atoms with E-state index in [-0.39, 0.29) is 11.5 Å². The Morgan fingerprint density at radius 2 is 2.12 bits per heavy atom. The lowest BCUT2D eigenvalue weighted by Crippen LogP contribution is -1.98. The highest BCUT2D eigenvalue weighted by Gasteiger charge is 2.17. The van der Waals surface area contributed by atoms with Gasteiger partial charge in [0.15, 0.2) is 0 Å². The van der Waals surface area contributed by atoms with E-state index in [4.69, 9.17) is 5.11 Å². The van der Waals surface area contributed by atoms with Crippen LogP contribution < -0.4 is 0 Å². The predicted molar refractivity (Wildman–Crippen MR) is 46.6 cm³/mol. The highest BCUT2D eigenvalue weighted by molar-refractivity contribution is 5.83. The number of carbonyl (C=O) groups is 1. The summed E-state index contributed by atoms with van der Waals surface area (Å²) >= 11 is 0. The molecule has 0 aliphatic rings. The number of carboxylic acids is 1. The Balaban J connectivity index is 2.50. The molecule has 0 bridgehead atoms. The van der Waals surface area contributed by atoms with Crippen molar-refractivity contribution in [3.8, 4) is 11.5 Å². The molecular weight excluding hydrogens is 222 g/mol. The van der Waals surface area contributed by atoms with Crippen LogP contribution in [0.25, 0.3) is 11.5 Å². The number of halogens is 2. The van der Waals surface area contributed by atoms with E-state index in [9.17, 15) is 13.6 Å². The zero-order chi connectivity index (χ0) is 11.7. The number of hydrogen-bond donors (Lipinski definition) is 1. The molecule has 1 N–H and O–H groups in total. The monoisotopic (exact) mass is 226 g/mol. The number of benzene rings is 1. The van der Waals surface area contributed by atoms with Crippen LogP contribution in [0.3, 0.4) is 0 Å². The van der Waals surface area contributed by atoms with Gasteiger partial charge in [-0.3, -0.25) is 0 Å². The van der Waals surface area contributed by atoms with Crippen LogP contribution in [0.4, 0.5) is 8.78 Å². The number of hydrogen-bond acceptors (Lipinski definition) is 4. The van der Waals surface area contributed by atoms with Crippen LogP contribution in [0.1, 0.15) is 10.6 Å². The smallest absolute Gasteiger partial charge is 0.377 e. The second kappa shape index (κ2) is 3.69. The van der Waals surface area contributed by atoms with E-state index in [1.807, 2.05) is 0 Å². The first-order chi connectivity index (χ1) is 7.58. The molecule has 0 aliphatic carbocycles. The number of aromatic nitrogens is 2. The van der Waals surface area contributed by atoms with Crippen LogP contribution in [0.15, 0.2) is 22.7 Å². The summed E-state index contributed by atoms with van der Waals surface area (Å²) in [4.78, 5) is 13.8. The Bertz CT molecular complexity index is 553. The van der Waals surface area contributed by atoms with Crippen molar-refractivity contribution in [2.24, 2.45) is 0 Å². The number of rotatable bonds is 2. The van der Waals surface area contributed by atoms with Crippen molar-refractivity contribution in [2.75, 3.05) is 0 Å². The van der Waals surface area contributed by atoms with Gasteiger partial charge in [-0.15, -0.1) is 0 Å². The first-order valence-electron chi connectivity index (χ1n) is 4.10. The van der Waals surface area contributed by atoms with E-state index < -0.39 is 23.4 Å². The molecular formula is C9H4F2N2O3. The van der Waals surface area contributed by atoms with E-state index in [1.54, 1.807) is 0 Å². The lowest BCUT2D eigenvalue weighted by Gasteiger charge is -1.96. The summed E-state index contributed by atoms with van der Waals surface area (Å²) in [6, 6.07) is 2.65. The fourth-order valence-electron chi connectivity index (χ4n) is 1.08. The predicted octanol–water partition coefficient (Wildman–Crippen LogP) is 1.71. The van der Waals surface area contributed by atoms with Gasteiger partial charge in [0, 0.05) is 0 Å². The van der Waals surface area contributed by atoms with Crippen LogP contribution in [0.5, 0.6) is 0 Å². The standard InChI is InChI=1S/C9H4F2N2O3/c10-4-1-2-6(11)5(3-4)8-12-7(9(14)15)13-16-8/h1-3H,(H,14,15). The molecule has 0 atom stereocenters. The second-order valence-electron chi connectivity index (χ2n) is 2.85. The molecule has 2 aromatic rings. The van der Waals surface area contributed by atoms with Gasteiger partial charge in [0.05, 0.1) is 5.56 Å². The van der Waals surface area contributed by atoms with Gasteiger partial charge in [0.1, 0.15) is 11.6 Å². The largest absolute Gasteiger partial charge is 0.475 e. The quantitative estimate of drug-likeness (QED) is 0.843. The molecule has 0 saturated heterocycles. The van der Waals surface area contributed by atoms with Crippen molar-refractivity contribution in [3.05, 3.63) is 35.7 Å². The summed E-state index contributed by atoms with van der Waals surface area (Å²) in [5.74, 6) is -3.87. The minimum atomic E-state index is -1.41. The number of aromatic carboxylic acids is 1. The molecule has 82 valence electrons. The molecule has 0 amide bonds. The highest BCUT2D eigenvalue weighted by atomic mass is 19.1. The summed E-state index contributed by atoms with van der Waals surface area (Å²) in [5, 5.41) is 11.6. The third-order valence-electron chi connectivity index (χ3n) is 1.78. The minimum absolute atomic E-state index is 0.278. The fraction of sp³-hybridized carbons (Fsp3) is 0. The van der Waals surface area contributed by atoms with E-state index in [2.05, 4.69) is 14.7 Å². The molecule has 16 heavy (non-hydrogen) atoms. The summed E-state index contributed by atoms with van der Waals surface area (Å²) < 4.78 is 30.5. The Morgan fingerprint density at radius 3 is 2.75 bits per heavy atom. The molecule has 7 heteroatoms. The molecule has 0 spiro atoms. The van der Waals surface area contributed by atoms with Crippen LogP contribution in [0.2, 0.25) is 0 Å². The van der Waals surface area contributed by atoms with Crippen LogP contribution in [0, 0.1) is 11.6 Å². The molecule has 0 fully saturated rings. The van der Waals surface area contributed by atoms with Crippen LogP contribution in [-0.2, 0) is 0 Å². The maximum Gasteiger partial charge on any atom is 0.377 e. The van der Waals surface area contributed by atoms with Crippen LogP contribution >= 0.6 is 0 Å². The number of nitrogens with zero attached hydrogens (tertiary/aromatic N) is 2. The van der Waals surface area contributed by atoms with Gasteiger partial charge in [-0.2, -0.15) is 4.98 Å². The molecule has 0 saturated carbocycles. The van der Waals surface area contributed by atoms with E-state index in [0.717, 1.165) is 18.2 Å². The second-order valence-corrected chi connectivity index (χ2v) is 2.85.